The number of rotatable bonds is 1. The van der Waals surface area contributed by atoms with E-state index >= 15 is 0 Å². The van der Waals surface area contributed by atoms with Crippen LogP contribution in [0.2, 0.25) is 0 Å². The van der Waals surface area contributed by atoms with E-state index < -0.39 is 17.6 Å². The predicted molar refractivity (Wildman–Crippen MR) is 69.6 cm³/mol. The molecule has 94 valence electrons. The van der Waals surface area contributed by atoms with Gasteiger partial charge in [0.1, 0.15) is 5.82 Å². The van der Waals surface area contributed by atoms with Crippen molar-refractivity contribution in [1.82, 2.24) is 0 Å². The van der Waals surface area contributed by atoms with E-state index in [-0.39, 0.29) is 14.7 Å². The minimum Gasteiger partial charge on any atom is -0.206 e. The zero-order valence-electron chi connectivity index (χ0n) is 8.93. The second-order valence-electron chi connectivity index (χ2n) is 3.64. The molecule has 0 aromatic heterocycles. The first-order valence-corrected chi connectivity index (χ1v) is 6.10. The third-order valence-electron chi connectivity index (χ3n) is 2.47. The van der Waals surface area contributed by atoms with Gasteiger partial charge >= 0.3 is 6.18 Å². The molecule has 0 unspecified atom stereocenters. The molecule has 0 fully saturated rings. The van der Waals surface area contributed by atoms with Crippen LogP contribution in [0.5, 0.6) is 0 Å². The van der Waals surface area contributed by atoms with Gasteiger partial charge in [-0.3, -0.25) is 0 Å². The van der Waals surface area contributed by atoms with Gasteiger partial charge in [-0.25, -0.2) is 4.39 Å². The zero-order valence-corrected chi connectivity index (χ0v) is 11.1. The Kier molecular flexibility index (Phi) is 3.61. The summed E-state index contributed by atoms with van der Waals surface area (Å²) in [5, 5.41) is 0. The predicted octanol–water partition coefficient (Wildman–Crippen LogP) is 5.12. The van der Waals surface area contributed by atoms with Gasteiger partial charge in [0.15, 0.2) is 0 Å². The van der Waals surface area contributed by atoms with E-state index in [0.717, 1.165) is 6.07 Å². The fourth-order valence-electron chi connectivity index (χ4n) is 1.68. The molecular weight excluding hydrogens is 359 g/mol. The fraction of sp³-hybridized carbons (Fsp3) is 0.0769. The van der Waals surface area contributed by atoms with Gasteiger partial charge in [0.25, 0.3) is 0 Å². The first-order valence-electron chi connectivity index (χ1n) is 5.02. The van der Waals surface area contributed by atoms with Crippen LogP contribution in [0.15, 0.2) is 42.5 Å². The van der Waals surface area contributed by atoms with E-state index in [4.69, 9.17) is 0 Å². The average molecular weight is 366 g/mol. The summed E-state index contributed by atoms with van der Waals surface area (Å²) in [6.45, 7) is 0. The molecule has 18 heavy (non-hydrogen) atoms. The maximum absolute atomic E-state index is 13.4. The molecule has 0 nitrogen and oxygen atoms in total. The van der Waals surface area contributed by atoms with Crippen molar-refractivity contribution >= 4 is 22.6 Å². The topological polar surface area (TPSA) is 0 Å². The third-order valence-corrected chi connectivity index (χ3v) is 3.57. The Morgan fingerprint density at radius 1 is 0.833 bits per heavy atom. The monoisotopic (exact) mass is 366 g/mol. The minimum absolute atomic E-state index is 0.00565. The smallest absolute Gasteiger partial charge is 0.206 e. The number of halogens is 5. The Bertz CT molecular complexity index is 575. The lowest BCUT2D eigenvalue weighted by molar-refractivity contribution is -0.137. The van der Waals surface area contributed by atoms with E-state index in [9.17, 15) is 17.6 Å². The van der Waals surface area contributed by atoms with Crippen LogP contribution in [-0.4, -0.2) is 0 Å². The molecule has 2 aromatic rings. The number of hydrogen-bond acceptors (Lipinski definition) is 0. The van der Waals surface area contributed by atoms with Crippen LogP contribution >= 0.6 is 22.6 Å². The molecule has 0 saturated heterocycles. The first kappa shape index (κ1) is 13.3. The Balaban J connectivity index is 2.69. The van der Waals surface area contributed by atoms with E-state index in [1.807, 2.05) is 0 Å². The van der Waals surface area contributed by atoms with Crippen LogP contribution in [0, 0.1) is 9.39 Å². The highest BCUT2D eigenvalue weighted by molar-refractivity contribution is 14.1. The van der Waals surface area contributed by atoms with Crippen LogP contribution < -0.4 is 0 Å². The number of alkyl halides is 3. The lowest BCUT2D eigenvalue weighted by Gasteiger charge is -2.14. The largest absolute Gasteiger partial charge is 0.417 e. The van der Waals surface area contributed by atoms with E-state index in [0.29, 0.717) is 0 Å². The second kappa shape index (κ2) is 4.87. The van der Waals surface area contributed by atoms with Crippen molar-refractivity contribution in [3.8, 4) is 11.1 Å². The van der Waals surface area contributed by atoms with Gasteiger partial charge in [-0.1, -0.05) is 30.3 Å². The van der Waals surface area contributed by atoms with Gasteiger partial charge in [0.05, 0.1) is 9.13 Å². The molecule has 0 amide bonds. The van der Waals surface area contributed by atoms with Gasteiger partial charge in [-0.2, -0.15) is 13.2 Å². The molecule has 0 bridgehead atoms. The molecule has 5 heteroatoms. The van der Waals surface area contributed by atoms with Gasteiger partial charge in [-0.15, -0.1) is 0 Å². The Labute approximate surface area is 115 Å². The standard InChI is InChI=1S/C13H7F4I/c14-11-7-3-5-9(12(11)18)8-4-1-2-6-10(8)13(15,16)17/h1-7H. The Hall–Kier alpha value is -1.11. The maximum atomic E-state index is 13.4. The van der Waals surface area contributed by atoms with Crippen molar-refractivity contribution in [1.29, 1.82) is 0 Å². The van der Waals surface area contributed by atoms with Crippen LogP contribution in [-0.2, 0) is 6.18 Å². The molecule has 2 aromatic carbocycles. The van der Waals surface area contributed by atoms with Gasteiger partial charge in [0, 0.05) is 0 Å². The van der Waals surface area contributed by atoms with Gasteiger partial charge < -0.3 is 0 Å². The highest BCUT2D eigenvalue weighted by Crippen LogP contribution is 2.38. The summed E-state index contributed by atoms with van der Waals surface area (Å²) in [7, 11) is 0. The van der Waals surface area contributed by atoms with Crippen molar-refractivity contribution in [2.75, 3.05) is 0 Å². The first-order chi connectivity index (χ1) is 8.41. The minimum atomic E-state index is -4.45. The van der Waals surface area contributed by atoms with Crippen LogP contribution in [0.4, 0.5) is 17.6 Å². The second-order valence-corrected chi connectivity index (χ2v) is 4.72. The Morgan fingerprint density at radius 3 is 2.11 bits per heavy atom. The van der Waals surface area contributed by atoms with Crippen molar-refractivity contribution < 1.29 is 17.6 Å². The zero-order chi connectivity index (χ0) is 13.3. The molecule has 0 heterocycles. The summed E-state index contributed by atoms with van der Waals surface area (Å²) in [4.78, 5) is 0. The molecule has 0 saturated carbocycles. The maximum Gasteiger partial charge on any atom is 0.417 e. The summed E-state index contributed by atoms with van der Waals surface area (Å²) < 4.78 is 52.2. The molecule has 0 aliphatic heterocycles. The number of benzene rings is 2. The van der Waals surface area contributed by atoms with Crippen LogP contribution in [0.3, 0.4) is 0 Å². The van der Waals surface area contributed by atoms with Crippen LogP contribution in [0.25, 0.3) is 11.1 Å². The highest BCUT2D eigenvalue weighted by Gasteiger charge is 2.33. The molecule has 0 aliphatic carbocycles. The molecular formula is C13H7F4I. The summed E-state index contributed by atoms with van der Waals surface area (Å²) in [6, 6.07) is 9.27. The van der Waals surface area contributed by atoms with Crippen molar-refractivity contribution in [2.45, 2.75) is 6.18 Å². The Morgan fingerprint density at radius 2 is 1.44 bits per heavy atom. The number of hydrogen-bond donors (Lipinski definition) is 0. The summed E-state index contributed by atoms with van der Waals surface area (Å²) in [6.07, 6.45) is -4.45. The molecule has 0 spiro atoms. The molecule has 0 N–H and O–H groups in total. The van der Waals surface area contributed by atoms with E-state index in [2.05, 4.69) is 0 Å². The highest BCUT2D eigenvalue weighted by atomic mass is 127. The van der Waals surface area contributed by atoms with E-state index in [1.165, 1.54) is 36.4 Å². The molecule has 0 aliphatic rings. The fourth-order valence-corrected chi connectivity index (χ4v) is 2.33. The quantitative estimate of drug-likeness (QED) is 0.486. The third kappa shape index (κ3) is 2.50. The van der Waals surface area contributed by atoms with Crippen LogP contribution in [0.1, 0.15) is 5.56 Å². The molecule has 0 radical (unpaired) electrons. The van der Waals surface area contributed by atoms with Crippen molar-refractivity contribution in [3.05, 3.63) is 57.4 Å². The van der Waals surface area contributed by atoms with Crippen molar-refractivity contribution in [2.24, 2.45) is 0 Å². The SMILES string of the molecule is Fc1cccc(-c2ccccc2C(F)(F)F)c1I. The van der Waals surface area contributed by atoms with E-state index in [1.54, 1.807) is 22.6 Å². The van der Waals surface area contributed by atoms with Crippen molar-refractivity contribution in [3.63, 3.8) is 0 Å². The molecule has 2 rings (SSSR count). The summed E-state index contributed by atoms with van der Waals surface area (Å²) in [5.74, 6) is -0.523. The normalized spacial score (nSPS) is 11.6. The summed E-state index contributed by atoms with van der Waals surface area (Å²) >= 11 is 1.71. The molecule has 0 atom stereocenters. The van der Waals surface area contributed by atoms with Gasteiger partial charge in [0.2, 0.25) is 0 Å². The summed E-state index contributed by atoms with van der Waals surface area (Å²) in [5.41, 5.74) is -0.508. The average Bonchev–Trinajstić information content (AvgIpc) is 2.32. The van der Waals surface area contributed by atoms with Gasteiger partial charge in [-0.05, 0) is 45.9 Å². The lowest BCUT2D eigenvalue weighted by Crippen LogP contribution is -2.07. The lowest BCUT2D eigenvalue weighted by atomic mass is 9.99.